The van der Waals surface area contributed by atoms with Crippen LogP contribution >= 0.6 is 34.8 Å². The van der Waals surface area contributed by atoms with Crippen LogP contribution in [0.25, 0.3) is 17.1 Å². The molecule has 1 aromatic heterocycles. The predicted octanol–water partition coefficient (Wildman–Crippen LogP) is 6.30. The van der Waals surface area contributed by atoms with Crippen LogP contribution < -0.4 is 0 Å². The Morgan fingerprint density at radius 2 is 1.64 bits per heavy atom. The first-order valence-corrected chi connectivity index (χ1v) is 8.83. The van der Waals surface area contributed by atoms with Crippen LogP contribution in [-0.2, 0) is 6.42 Å². The van der Waals surface area contributed by atoms with E-state index in [4.69, 9.17) is 34.8 Å². The van der Waals surface area contributed by atoms with Gasteiger partial charge < -0.3 is 5.11 Å². The quantitative estimate of drug-likeness (QED) is 0.508. The third-order valence-electron chi connectivity index (χ3n) is 3.80. The fourth-order valence-corrected chi connectivity index (χ4v) is 3.32. The summed E-state index contributed by atoms with van der Waals surface area (Å²) in [6, 6.07) is 10.2. The smallest absolute Gasteiger partial charge is 0.394 e. The van der Waals surface area contributed by atoms with Crippen molar-refractivity contribution in [1.29, 1.82) is 0 Å². The summed E-state index contributed by atoms with van der Waals surface area (Å²) in [4.78, 5) is 15.6. The fourth-order valence-electron chi connectivity index (χ4n) is 2.70. The monoisotopic (exact) mass is 448 g/mol. The van der Waals surface area contributed by atoms with Gasteiger partial charge in [0.15, 0.2) is 5.69 Å². The van der Waals surface area contributed by atoms with Crippen molar-refractivity contribution < 1.29 is 23.1 Å². The van der Waals surface area contributed by atoms with Gasteiger partial charge in [-0.05, 0) is 42.5 Å². The van der Waals surface area contributed by atoms with Crippen molar-refractivity contribution in [3.8, 4) is 17.1 Å². The third-order valence-corrected chi connectivity index (χ3v) is 4.60. The van der Waals surface area contributed by atoms with Crippen LogP contribution in [0.5, 0.6) is 0 Å². The molecule has 0 aliphatic rings. The lowest BCUT2D eigenvalue weighted by Crippen LogP contribution is -2.18. The van der Waals surface area contributed by atoms with Crippen molar-refractivity contribution in [3.63, 3.8) is 0 Å². The largest absolute Gasteiger partial charge is 0.476 e. The van der Waals surface area contributed by atoms with E-state index in [1.165, 1.54) is 42.5 Å². The van der Waals surface area contributed by atoms with E-state index in [0.717, 1.165) is 4.57 Å². The highest BCUT2D eigenvalue weighted by Crippen LogP contribution is 2.35. The molecule has 0 aliphatic carbocycles. The number of nitrogens with zero attached hydrogens (tertiary/aromatic N) is 2. The van der Waals surface area contributed by atoms with E-state index >= 15 is 0 Å². The van der Waals surface area contributed by atoms with E-state index in [9.17, 15) is 23.1 Å². The van der Waals surface area contributed by atoms with Crippen molar-refractivity contribution in [3.05, 3.63) is 68.9 Å². The topological polar surface area (TPSA) is 55.1 Å². The maximum Gasteiger partial charge on any atom is 0.394 e. The molecule has 0 radical (unpaired) electrons. The van der Waals surface area contributed by atoms with Crippen molar-refractivity contribution in [2.45, 2.75) is 12.6 Å². The number of carbonyl (C=O) groups is 1. The molecule has 2 aromatic carbocycles. The number of hydrogen-bond acceptors (Lipinski definition) is 2. The highest BCUT2D eigenvalue weighted by molar-refractivity contribution is 6.36. The molecule has 0 bridgehead atoms. The highest BCUT2D eigenvalue weighted by atomic mass is 35.5. The zero-order chi connectivity index (χ0) is 20.6. The van der Waals surface area contributed by atoms with Gasteiger partial charge >= 0.3 is 12.1 Å². The number of benzene rings is 2. The number of rotatable bonds is 4. The van der Waals surface area contributed by atoms with Crippen LogP contribution in [0.1, 0.15) is 16.2 Å². The second-order valence-electron chi connectivity index (χ2n) is 5.76. The van der Waals surface area contributed by atoms with Crippen LogP contribution in [0.4, 0.5) is 13.2 Å². The van der Waals surface area contributed by atoms with Gasteiger partial charge in [-0.2, -0.15) is 13.2 Å². The summed E-state index contributed by atoms with van der Waals surface area (Å²) in [5, 5.41) is 10.2. The molecule has 4 nitrogen and oxygen atoms in total. The van der Waals surface area contributed by atoms with Gasteiger partial charge in [0, 0.05) is 21.3 Å². The Hall–Kier alpha value is -2.22. The van der Waals surface area contributed by atoms with Gasteiger partial charge in [-0.3, -0.25) is 4.57 Å². The van der Waals surface area contributed by atoms with Crippen molar-refractivity contribution >= 4 is 40.8 Å². The molecule has 1 N–H and O–H groups in total. The molecule has 10 heteroatoms. The minimum absolute atomic E-state index is 0.0550. The zero-order valence-electron chi connectivity index (χ0n) is 13.8. The summed E-state index contributed by atoms with van der Waals surface area (Å²) in [6.07, 6.45) is -6.15. The number of aromatic carboxylic acids is 1. The first kappa shape index (κ1) is 20.5. The van der Waals surface area contributed by atoms with Gasteiger partial charge in [-0.25, -0.2) is 9.78 Å². The molecule has 0 fully saturated rings. The van der Waals surface area contributed by atoms with Crippen molar-refractivity contribution in [1.82, 2.24) is 9.55 Å². The maximum absolute atomic E-state index is 13.2. The lowest BCUT2D eigenvalue weighted by Gasteiger charge is -2.15. The number of imidazole rings is 1. The second-order valence-corrected chi connectivity index (χ2v) is 7.04. The lowest BCUT2D eigenvalue weighted by atomic mass is 10.2. The molecule has 3 rings (SSSR count). The third kappa shape index (κ3) is 4.27. The fraction of sp³-hybridized carbons (Fsp3) is 0.111. The van der Waals surface area contributed by atoms with E-state index < -0.39 is 30.0 Å². The molecular formula is C18H10Cl3F3N2O2. The van der Waals surface area contributed by atoms with Crippen LogP contribution in [0.15, 0.2) is 42.5 Å². The molecule has 1 heterocycles. The molecule has 28 heavy (non-hydrogen) atoms. The van der Waals surface area contributed by atoms with Crippen LogP contribution in [0.2, 0.25) is 15.1 Å². The minimum atomic E-state index is -4.66. The first-order valence-electron chi connectivity index (χ1n) is 7.70. The average molecular weight is 450 g/mol. The molecule has 0 saturated carbocycles. The summed E-state index contributed by atoms with van der Waals surface area (Å²) in [6.45, 7) is 0. The molecular weight excluding hydrogens is 440 g/mol. The van der Waals surface area contributed by atoms with E-state index in [0.29, 0.717) is 10.0 Å². The first-order chi connectivity index (χ1) is 13.1. The van der Waals surface area contributed by atoms with Gasteiger partial charge in [-0.15, -0.1) is 0 Å². The van der Waals surface area contributed by atoms with Gasteiger partial charge in [0.1, 0.15) is 5.82 Å². The highest BCUT2D eigenvalue weighted by Gasteiger charge is 2.35. The summed E-state index contributed by atoms with van der Waals surface area (Å²) in [7, 11) is 0. The van der Waals surface area contributed by atoms with Crippen molar-refractivity contribution in [2.24, 2.45) is 0 Å². The van der Waals surface area contributed by atoms with E-state index in [2.05, 4.69) is 4.98 Å². The molecule has 0 atom stereocenters. The molecule has 0 unspecified atom stereocenters. The molecule has 0 amide bonds. The van der Waals surface area contributed by atoms with Gasteiger partial charge in [0.25, 0.3) is 0 Å². The molecule has 0 saturated heterocycles. The Bertz CT molecular complexity index is 1050. The normalized spacial score (nSPS) is 11.6. The standard InChI is InChI=1S/C18H10Cl3F3N2O2/c19-9-1-4-11(5-2-9)26-14(8-18(22,23)24)15(17(27)28)25-16(26)12-6-3-10(20)7-13(12)21/h1-7H,8H2,(H,27,28). The summed E-state index contributed by atoms with van der Waals surface area (Å²) >= 11 is 17.9. The SMILES string of the molecule is O=C(O)c1nc(-c2ccc(Cl)cc2Cl)n(-c2ccc(Cl)cc2)c1CC(F)(F)F. The second kappa shape index (κ2) is 7.66. The number of aromatic nitrogens is 2. The van der Waals surface area contributed by atoms with E-state index in [1.54, 1.807) is 0 Å². The maximum atomic E-state index is 13.2. The zero-order valence-corrected chi connectivity index (χ0v) is 16.0. The van der Waals surface area contributed by atoms with Crippen molar-refractivity contribution in [2.75, 3.05) is 0 Å². The minimum Gasteiger partial charge on any atom is -0.476 e. The molecule has 0 spiro atoms. The number of hydrogen-bond donors (Lipinski definition) is 1. The number of alkyl halides is 3. The summed E-state index contributed by atoms with van der Waals surface area (Å²) < 4.78 is 40.7. The lowest BCUT2D eigenvalue weighted by molar-refractivity contribution is -0.128. The van der Waals surface area contributed by atoms with Crippen LogP contribution in [-0.4, -0.2) is 26.8 Å². The average Bonchev–Trinajstić information content (AvgIpc) is 2.93. The van der Waals surface area contributed by atoms with E-state index in [1.807, 2.05) is 0 Å². The summed E-state index contributed by atoms with van der Waals surface area (Å²) in [5.41, 5.74) is -0.752. The Morgan fingerprint density at radius 1 is 1.04 bits per heavy atom. The number of halogens is 6. The Labute approximate surface area is 172 Å². The Kier molecular flexibility index (Phi) is 5.61. The molecule has 0 aliphatic heterocycles. The van der Waals surface area contributed by atoms with Gasteiger partial charge in [0.05, 0.1) is 17.1 Å². The molecule has 3 aromatic rings. The molecule has 146 valence electrons. The van der Waals surface area contributed by atoms with Crippen LogP contribution in [0, 0.1) is 0 Å². The van der Waals surface area contributed by atoms with Crippen LogP contribution in [0.3, 0.4) is 0 Å². The number of carboxylic acid groups (broad SMARTS) is 1. The Morgan fingerprint density at radius 3 is 2.18 bits per heavy atom. The Balaban J connectivity index is 2.36. The van der Waals surface area contributed by atoms with Gasteiger partial charge in [0.2, 0.25) is 0 Å². The number of carboxylic acids is 1. The van der Waals surface area contributed by atoms with E-state index in [-0.39, 0.29) is 22.1 Å². The predicted molar refractivity (Wildman–Crippen MR) is 101 cm³/mol. The summed E-state index contributed by atoms with van der Waals surface area (Å²) in [5.74, 6) is -1.64. The van der Waals surface area contributed by atoms with Gasteiger partial charge in [-0.1, -0.05) is 34.8 Å².